The number of aromatic hydroxyl groups is 1. The van der Waals surface area contributed by atoms with Gasteiger partial charge in [-0.15, -0.1) is 0 Å². The molecule has 0 spiro atoms. The van der Waals surface area contributed by atoms with Crippen LogP contribution in [0.3, 0.4) is 0 Å². The van der Waals surface area contributed by atoms with Crippen molar-refractivity contribution in [1.82, 2.24) is 4.98 Å². The van der Waals surface area contributed by atoms with Crippen molar-refractivity contribution in [2.24, 2.45) is 0 Å². The van der Waals surface area contributed by atoms with Crippen molar-refractivity contribution < 1.29 is 28.8 Å². The third-order valence-corrected chi connectivity index (χ3v) is 2.33. The van der Waals surface area contributed by atoms with E-state index >= 15 is 0 Å². The van der Waals surface area contributed by atoms with E-state index in [2.05, 4.69) is 9.51 Å². The van der Waals surface area contributed by atoms with Crippen molar-refractivity contribution in [1.29, 1.82) is 0 Å². The van der Waals surface area contributed by atoms with Gasteiger partial charge in [-0.25, -0.2) is 4.57 Å². The SMILES string of the molecule is Cc1ncc(COP(=O)(O)O)c(C=O)c1O.[CaH2]. The van der Waals surface area contributed by atoms with E-state index in [1.807, 2.05) is 0 Å². The number of aromatic nitrogens is 1. The van der Waals surface area contributed by atoms with E-state index in [4.69, 9.17) is 9.79 Å². The Morgan fingerprint density at radius 1 is 1.53 bits per heavy atom. The molecule has 0 aromatic carbocycles. The first-order chi connectivity index (χ1) is 7.35. The third-order valence-electron chi connectivity index (χ3n) is 1.86. The molecule has 0 bridgehead atoms. The van der Waals surface area contributed by atoms with Crippen LogP contribution in [0, 0.1) is 6.92 Å². The number of aryl methyl sites for hydroxylation is 1. The molecule has 7 nitrogen and oxygen atoms in total. The zero-order chi connectivity index (χ0) is 12.3. The molecular formula is C8H12CaNO6P. The van der Waals surface area contributed by atoms with Crippen LogP contribution >= 0.6 is 7.82 Å². The van der Waals surface area contributed by atoms with Gasteiger partial charge in [0.2, 0.25) is 0 Å². The van der Waals surface area contributed by atoms with Gasteiger partial charge >= 0.3 is 45.6 Å². The first-order valence-electron chi connectivity index (χ1n) is 4.18. The Kier molecular flexibility index (Phi) is 6.79. The second kappa shape index (κ2) is 6.80. The van der Waals surface area contributed by atoms with E-state index in [1.54, 1.807) is 0 Å². The summed E-state index contributed by atoms with van der Waals surface area (Å²) >= 11 is 0. The monoisotopic (exact) mass is 289 g/mol. The van der Waals surface area contributed by atoms with Crippen molar-refractivity contribution in [2.45, 2.75) is 13.5 Å². The van der Waals surface area contributed by atoms with Crippen LogP contribution in [0.5, 0.6) is 5.75 Å². The molecule has 0 fully saturated rings. The van der Waals surface area contributed by atoms with Crippen molar-refractivity contribution >= 4 is 51.8 Å². The first kappa shape index (κ1) is 17.0. The molecule has 0 saturated carbocycles. The molecule has 9 heteroatoms. The molecule has 0 aliphatic rings. The summed E-state index contributed by atoms with van der Waals surface area (Å²) in [5.74, 6) is -0.318. The minimum atomic E-state index is -4.61. The van der Waals surface area contributed by atoms with Crippen molar-refractivity contribution in [2.75, 3.05) is 0 Å². The molecule has 3 N–H and O–H groups in total. The summed E-state index contributed by atoms with van der Waals surface area (Å²) < 4.78 is 14.7. The third kappa shape index (κ3) is 5.01. The predicted molar refractivity (Wildman–Crippen MR) is 61.4 cm³/mol. The van der Waals surface area contributed by atoms with Crippen LogP contribution in [0.25, 0.3) is 0 Å². The molecule has 0 unspecified atom stereocenters. The summed E-state index contributed by atoms with van der Waals surface area (Å²) in [4.78, 5) is 31.4. The van der Waals surface area contributed by atoms with E-state index in [0.29, 0.717) is 6.29 Å². The van der Waals surface area contributed by atoms with E-state index in [0.717, 1.165) is 0 Å². The maximum atomic E-state index is 10.7. The van der Waals surface area contributed by atoms with Gasteiger partial charge in [0.1, 0.15) is 5.75 Å². The number of nitrogens with zero attached hydrogens (tertiary/aromatic N) is 1. The molecule has 1 heterocycles. The van der Waals surface area contributed by atoms with Crippen LogP contribution in [-0.4, -0.2) is 63.9 Å². The summed E-state index contributed by atoms with van der Waals surface area (Å²) in [6.07, 6.45) is 1.59. The Balaban J connectivity index is 0.00000256. The number of pyridine rings is 1. The van der Waals surface area contributed by atoms with Gasteiger partial charge in [0, 0.05) is 11.8 Å². The Morgan fingerprint density at radius 2 is 2.12 bits per heavy atom. The van der Waals surface area contributed by atoms with Crippen LogP contribution in [0.2, 0.25) is 0 Å². The number of carbonyl (C=O) groups is 1. The van der Waals surface area contributed by atoms with E-state index in [1.165, 1.54) is 13.1 Å². The molecule has 1 aromatic rings. The van der Waals surface area contributed by atoms with Gasteiger partial charge in [0.05, 0.1) is 17.9 Å². The number of hydrogen-bond donors (Lipinski definition) is 3. The fraction of sp³-hybridized carbons (Fsp3) is 0.250. The fourth-order valence-corrected chi connectivity index (χ4v) is 1.36. The zero-order valence-electron chi connectivity index (χ0n) is 8.32. The molecule has 0 radical (unpaired) electrons. The molecule has 0 amide bonds. The number of hydrogen-bond acceptors (Lipinski definition) is 5. The number of carbonyl (C=O) groups excluding carboxylic acids is 1. The van der Waals surface area contributed by atoms with Crippen LogP contribution in [0.15, 0.2) is 6.20 Å². The van der Waals surface area contributed by atoms with Gasteiger partial charge in [0.15, 0.2) is 6.29 Å². The molecule has 0 atom stereocenters. The van der Waals surface area contributed by atoms with Crippen molar-refractivity contribution in [3.63, 3.8) is 0 Å². The number of rotatable bonds is 4. The van der Waals surface area contributed by atoms with Crippen LogP contribution in [0.4, 0.5) is 0 Å². The van der Waals surface area contributed by atoms with E-state index < -0.39 is 14.4 Å². The Morgan fingerprint density at radius 3 is 2.59 bits per heavy atom. The van der Waals surface area contributed by atoms with Crippen molar-refractivity contribution in [3.8, 4) is 5.75 Å². The van der Waals surface area contributed by atoms with Crippen LogP contribution in [0.1, 0.15) is 21.6 Å². The Labute approximate surface area is 127 Å². The predicted octanol–water partition coefficient (Wildman–Crippen LogP) is -0.399. The summed E-state index contributed by atoms with van der Waals surface area (Å²) in [5.41, 5.74) is 0.282. The average Bonchev–Trinajstić information content (AvgIpc) is 2.18. The summed E-state index contributed by atoms with van der Waals surface area (Å²) in [7, 11) is -4.61. The maximum absolute atomic E-state index is 10.7. The fourth-order valence-electron chi connectivity index (χ4n) is 1.05. The molecule has 0 aliphatic heterocycles. The minimum absolute atomic E-state index is 0. The molecule has 1 rings (SSSR count). The van der Waals surface area contributed by atoms with Gasteiger partial charge in [-0.05, 0) is 6.92 Å². The quantitative estimate of drug-likeness (QED) is 0.392. The summed E-state index contributed by atoms with van der Waals surface area (Å²) in [5, 5.41) is 9.46. The van der Waals surface area contributed by atoms with E-state index in [-0.39, 0.29) is 60.3 Å². The second-order valence-electron chi connectivity index (χ2n) is 3.01. The van der Waals surface area contributed by atoms with Crippen LogP contribution < -0.4 is 0 Å². The molecule has 17 heavy (non-hydrogen) atoms. The van der Waals surface area contributed by atoms with Crippen molar-refractivity contribution in [3.05, 3.63) is 23.0 Å². The first-order valence-corrected chi connectivity index (χ1v) is 5.71. The second-order valence-corrected chi connectivity index (χ2v) is 4.25. The molecule has 0 saturated heterocycles. The van der Waals surface area contributed by atoms with Gasteiger partial charge in [-0.1, -0.05) is 0 Å². The summed E-state index contributed by atoms with van der Waals surface area (Å²) in [6.45, 7) is 0.995. The normalized spacial score (nSPS) is 10.8. The standard InChI is InChI=1S/C8H10NO6P.Ca.2H/c1-5-8(11)7(3-10)6(2-9-5)4-15-16(12,13)14;;;/h2-3,11H,4H2,1H3,(H2,12,13,14);;;. The number of phosphoric acid groups is 1. The van der Waals surface area contributed by atoms with Gasteiger partial charge in [0.25, 0.3) is 0 Å². The molecule has 0 aliphatic carbocycles. The molecule has 92 valence electrons. The van der Waals surface area contributed by atoms with Gasteiger partial charge in [-0.2, -0.15) is 0 Å². The molecule has 1 aromatic heterocycles. The van der Waals surface area contributed by atoms with Gasteiger partial charge in [-0.3, -0.25) is 14.3 Å². The van der Waals surface area contributed by atoms with Gasteiger partial charge < -0.3 is 14.9 Å². The Bertz CT molecular complexity index is 460. The summed E-state index contributed by atoms with van der Waals surface area (Å²) in [6, 6.07) is 0. The average molecular weight is 289 g/mol. The number of aldehydes is 1. The molecular weight excluding hydrogens is 277 g/mol. The Hall–Kier alpha value is -0.0103. The topological polar surface area (TPSA) is 117 Å². The number of phosphoric ester groups is 1. The zero-order valence-corrected chi connectivity index (χ0v) is 9.22. The van der Waals surface area contributed by atoms with Crippen LogP contribution in [-0.2, 0) is 15.7 Å². The van der Waals surface area contributed by atoms with E-state index in [9.17, 15) is 14.5 Å².